The van der Waals surface area contributed by atoms with Crippen molar-refractivity contribution in [1.29, 1.82) is 0 Å². The molecule has 0 unspecified atom stereocenters. The highest BCUT2D eigenvalue weighted by atomic mass is 35.5. The number of nitrogens with two attached hydrogens (primary N) is 1. The van der Waals surface area contributed by atoms with Crippen molar-refractivity contribution in [2.45, 2.75) is 44.7 Å². The van der Waals surface area contributed by atoms with Gasteiger partial charge in [0.25, 0.3) is 0 Å². The van der Waals surface area contributed by atoms with Crippen molar-refractivity contribution in [2.24, 2.45) is 5.73 Å². The molecule has 1 aromatic carbocycles. The number of halogens is 1. The monoisotopic (exact) mass is 263 g/mol. The van der Waals surface area contributed by atoms with E-state index in [0.29, 0.717) is 6.04 Å². The van der Waals surface area contributed by atoms with Gasteiger partial charge < -0.3 is 10.3 Å². The lowest BCUT2D eigenvalue weighted by Crippen LogP contribution is -2.35. The van der Waals surface area contributed by atoms with Gasteiger partial charge in [0.2, 0.25) is 0 Å². The fourth-order valence-corrected chi connectivity index (χ4v) is 2.55. The lowest BCUT2D eigenvalue weighted by atomic mass is 10.0. The van der Waals surface area contributed by atoms with E-state index in [9.17, 15) is 0 Å². The number of hydrogen-bond acceptors (Lipinski definition) is 2. The molecule has 0 amide bonds. The van der Waals surface area contributed by atoms with Crippen molar-refractivity contribution in [3.05, 3.63) is 29.0 Å². The van der Waals surface area contributed by atoms with Crippen LogP contribution in [-0.2, 0) is 6.42 Å². The Morgan fingerprint density at radius 3 is 2.78 bits per heavy atom. The molecule has 1 aromatic heterocycles. The number of nitrogens with zero attached hydrogens (tertiary/aromatic N) is 2. The van der Waals surface area contributed by atoms with Crippen LogP contribution in [0.3, 0.4) is 0 Å². The van der Waals surface area contributed by atoms with Gasteiger partial charge in [-0.2, -0.15) is 0 Å². The molecule has 0 spiro atoms. The normalized spacial score (nSPS) is 16.4. The first-order valence-corrected chi connectivity index (χ1v) is 6.77. The molecule has 1 aliphatic rings. The van der Waals surface area contributed by atoms with Gasteiger partial charge in [0.05, 0.1) is 11.0 Å². The fourth-order valence-electron chi connectivity index (χ4n) is 2.39. The minimum atomic E-state index is -0.238. The van der Waals surface area contributed by atoms with Crippen molar-refractivity contribution >= 4 is 22.6 Å². The summed E-state index contributed by atoms with van der Waals surface area (Å²) in [6, 6.07) is 6.48. The molecule has 0 bridgehead atoms. The van der Waals surface area contributed by atoms with Crippen molar-refractivity contribution in [3.63, 3.8) is 0 Å². The lowest BCUT2D eigenvalue weighted by molar-refractivity contribution is 0.488. The van der Waals surface area contributed by atoms with E-state index in [-0.39, 0.29) is 5.54 Å². The Bertz CT molecular complexity index is 591. The Morgan fingerprint density at radius 1 is 1.44 bits per heavy atom. The van der Waals surface area contributed by atoms with Gasteiger partial charge in [-0.05, 0) is 44.9 Å². The summed E-state index contributed by atoms with van der Waals surface area (Å²) in [7, 11) is 0. The lowest BCUT2D eigenvalue weighted by Gasteiger charge is -2.18. The first kappa shape index (κ1) is 12.0. The summed E-state index contributed by atoms with van der Waals surface area (Å²) < 4.78 is 2.33. The molecule has 0 saturated heterocycles. The van der Waals surface area contributed by atoms with Crippen LogP contribution in [0.15, 0.2) is 18.2 Å². The summed E-state index contributed by atoms with van der Waals surface area (Å²) in [6.07, 6.45) is 3.25. The van der Waals surface area contributed by atoms with Crippen LogP contribution < -0.4 is 5.73 Å². The van der Waals surface area contributed by atoms with E-state index in [2.05, 4.69) is 4.57 Å². The summed E-state index contributed by atoms with van der Waals surface area (Å²) in [6.45, 7) is 4.08. The highest BCUT2D eigenvalue weighted by Crippen LogP contribution is 2.39. The molecule has 1 aliphatic carbocycles. The minimum absolute atomic E-state index is 0.238. The second kappa shape index (κ2) is 3.97. The van der Waals surface area contributed by atoms with Crippen LogP contribution in [0.4, 0.5) is 0 Å². The molecule has 3 nitrogen and oxygen atoms in total. The molecule has 0 radical (unpaired) electrons. The fraction of sp³-hybridized carbons (Fsp3) is 0.500. The number of hydrogen-bond donors (Lipinski definition) is 1. The quantitative estimate of drug-likeness (QED) is 0.923. The van der Waals surface area contributed by atoms with E-state index in [1.54, 1.807) is 0 Å². The molecule has 18 heavy (non-hydrogen) atoms. The van der Waals surface area contributed by atoms with Gasteiger partial charge in [0, 0.05) is 23.0 Å². The summed E-state index contributed by atoms with van der Waals surface area (Å²) in [5, 5.41) is 0.767. The van der Waals surface area contributed by atoms with Crippen LogP contribution in [0.2, 0.25) is 5.02 Å². The van der Waals surface area contributed by atoms with Gasteiger partial charge in [-0.1, -0.05) is 11.6 Å². The van der Waals surface area contributed by atoms with Gasteiger partial charge in [-0.3, -0.25) is 0 Å². The predicted molar refractivity (Wildman–Crippen MR) is 75.0 cm³/mol. The smallest absolute Gasteiger partial charge is 0.111 e. The van der Waals surface area contributed by atoms with Gasteiger partial charge in [0.1, 0.15) is 5.82 Å². The summed E-state index contributed by atoms with van der Waals surface area (Å²) in [5.74, 6) is 1.09. The van der Waals surface area contributed by atoms with E-state index < -0.39 is 0 Å². The van der Waals surface area contributed by atoms with Crippen molar-refractivity contribution in [1.82, 2.24) is 9.55 Å². The largest absolute Gasteiger partial charge is 0.325 e. The Morgan fingerprint density at radius 2 is 2.17 bits per heavy atom. The first-order chi connectivity index (χ1) is 8.44. The maximum absolute atomic E-state index is 6.13. The zero-order chi connectivity index (χ0) is 12.9. The van der Waals surface area contributed by atoms with Crippen LogP contribution in [0.25, 0.3) is 11.0 Å². The topological polar surface area (TPSA) is 43.8 Å². The highest BCUT2D eigenvalue weighted by Gasteiger charge is 2.29. The number of imidazole rings is 1. The van der Waals surface area contributed by atoms with E-state index in [1.165, 1.54) is 12.8 Å². The second-order valence-electron chi connectivity index (χ2n) is 5.93. The Balaban J connectivity index is 2.15. The Hall–Kier alpha value is -1.06. The molecule has 3 rings (SSSR count). The van der Waals surface area contributed by atoms with Gasteiger partial charge in [0.15, 0.2) is 0 Å². The molecule has 1 heterocycles. The summed E-state index contributed by atoms with van der Waals surface area (Å²) >= 11 is 6.09. The number of aromatic nitrogens is 2. The van der Waals surface area contributed by atoms with Crippen LogP contribution in [0, 0.1) is 0 Å². The van der Waals surface area contributed by atoms with Crippen molar-refractivity contribution < 1.29 is 0 Å². The van der Waals surface area contributed by atoms with Crippen LogP contribution >= 0.6 is 11.6 Å². The standard InChI is InChI=1S/C14H18ClN3/c1-14(2,16)8-13-17-11-6-3-9(15)7-12(11)18(13)10-4-5-10/h3,6-7,10H,4-5,8,16H2,1-2H3. The zero-order valence-corrected chi connectivity index (χ0v) is 11.5. The van der Waals surface area contributed by atoms with Gasteiger partial charge >= 0.3 is 0 Å². The molecule has 1 saturated carbocycles. The molecular weight excluding hydrogens is 246 g/mol. The third-order valence-electron chi connectivity index (χ3n) is 3.25. The number of benzene rings is 1. The zero-order valence-electron chi connectivity index (χ0n) is 10.8. The van der Waals surface area contributed by atoms with Crippen molar-refractivity contribution in [2.75, 3.05) is 0 Å². The van der Waals surface area contributed by atoms with Crippen LogP contribution in [-0.4, -0.2) is 15.1 Å². The third-order valence-corrected chi connectivity index (χ3v) is 3.49. The minimum Gasteiger partial charge on any atom is -0.325 e. The maximum Gasteiger partial charge on any atom is 0.111 e. The number of fused-ring (bicyclic) bond motifs is 1. The SMILES string of the molecule is CC(C)(N)Cc1nc2ccc(Cl)cc2n1C1CC1. The molecule has 4 heteroatoms. The molecule has 0 atom stereocenters. The molecular formula is C14H18ClN3. The molecule has 1 fully saturated rings. The average Bonchev–Trinajstić information content (AvgIpc) is 3.00. The maximum atomic E-state index is 6.13. The van der Waals surface area contributed by atoms with E-state index >= 15 is 0 Å². The summed E-state index contributed by atoms with van der Waals surface area (Å²) in [4.78, 5) is 4.72. The van der Waals surface area contributed by atoms with E-state index in [1.807, 2.05) is 32.0 Å². The van der Waals surface area contributed by atoms with Crippen LogP contribution in [0.1, 0.15) is 38.6 Å². The molecule has 2 N–H and O–H groups in total. The molecule has 96 valence electrons. The Labute approximate surface area is 112 Å². The third kappa shape index (κ3) is 2.25. The van der Waals surface area contributed by atoms with E-state index in [0.717, 1.165) is 28.3 Å². The van der Waals surface area contributed by atoms with Crippen molar-refractivity contribution in [3.8, 4) is 0 Å². The van der Waals surface area contributed by atoms with Gasteiger partial charge in [-0.15, -0.1) is 0 Å². The summed E-state index contributed by atoms with van der Waals surface area (Å²) in [5.41, 5.74) is 8.05. The highest BCUT2D eigenvalue weighted by molar-refractivity contribution is 6.31. The second-order valence-corrected chi connectivity index (χ2v) is 6.36. The first-order valence-electron chi connectivity index (χ1n) is 6.39. The predicted octanol–water partition coefficient (Wildman–Crippen LogP) is 3.30. The van der Waals surface area contributed by atoms with E-state index in [4.69, 9.17) is 22.3 Å². The molecule has 2 aromatic rings. The van der Waals surface area contributed by atoms with Gasteiger partial charge in [-0.25, -0.2) is 4.98 Å². The number of rotatable bonds is 3. The molecule has 0 aliphatic heterocycles. The average molecular weight is 264 g/mol. The Kier molecular flexibility index (Phi) is 2.65. The van der Waals surface area contributed by atoms with Crippen LogP contribution in [0.5, 0.6) is 0 Å².